The van der Waals surface area contributed by atoms with E-state index in [2.05, 4.69) is 53.1 Å². The first kappa shape index (κ1) is 14.9. The number of imidazole rings is 1. The summed E-state index contributed by atoms with van der Waals surface area (Å²) in [5.41, 5.74) is 4.14. The van der Waals surface area contributed by atoms with E-state index in [-0.39, 0.29) is 0 Å². The number of nitrogens with zero attached hydrogens (tertiary/aromatic N) is 2. The summed E-state index contributed by atoms with van der Waals surface area (Å²) in [6, 6.07) is 14.4. The van der Waals surface area contributed by atoms with Crippen molar-refractivity contribution in [2.24, 2.45) is 0 Å². The van der Waals surface area contributed by atoms with Crippen LogP contribution in [0.5, 0.6) is 0 Å². The van der Waals surface area contributed by atoms with Crippen LogP contribution in [0.4, 0.5) is 0 Å². The summed E-state index contributed by atoms with van der Waals surface area (Å²) < 4.78 is 0. The lowest BCUT2D eigenvalue weighted by atomic mass is 10.1. The molecule has 2 aromatic heterocycles. The second-order valence-electron chi connectivity index (χ2n) is 5.21. The Kier molecular flexibility index (Phi) is 4.59. The van der Waals surface area contributed by atoms with E-state index in [0.29, 0.717) is 5.25 Å². The minimum absolute atomic E-state index is 0.587. The molecule has 4 heteroatoms. The molecule has 2 heterocycles. The van der Waals surface area contributed by atoms with E-state index in [9.17, 15) is 0 Å². The van der Waals surface area contributed by atoms with Crippen molar-refractivity contribution in [1.29, 1.82) is 0 Å². The molecule has 1 atom stereocenters. The number of benzene rings is 1. The highest BCUT2D eigenvalue weighted by atomic mass is 32.2. The third kappa shape index (κ3) is 3.22. The van der Waals surface area contributed by atoms with E-state index in [0.717, 1.165) is 34.0 Å². The lowest BCUT2D eigenvalue weighted by Gasteiger charge is -2.08. The van der Waals surface area contributed by atoms with Crippen LogP contribution in [0.15, 0.2) is 60.0 Å². The van der Waals surface area contributed by atoms with E-state index in [1.807, 2.05) is 36.2 Å². The summed E-state index contributed by atoms with van der Waals surface area (Å²) >= 11 is 1.81. The van der Waals surface area contributed by atoms with Crippen LogP contribution in [-0.4, -0.2) is 20.2 Å². The Labute approximate surface area is 135 Å². The third-order valence-corrected chi connectivity index (χ3v) is 4.83. The van der Waals surface area contributed by atoms with E-state index >= 15 is 0 Å². The SMILES string of the molecule is CCC(C)Sc1ccc(-c2nc[nH]c2-c2ccccc2)cn1. The second-order valence-corrected chi connectivity index (χ2v) is 6.67. The highest BCUT2D eigenvalue weighted by molar-refractivity contribution is 7.99. The molecule has 22 heavy (non-hydrogen) atoms. The van der Waals surface area contributed by atoms with Crippen molar-refractivity contribution >= 4 is 11.8 Å². The lowest BCUT2D eigenvalue weighted by molar-refractivity contribution is 0.901. The molecule has 112 valence electrons. The first-order chi connectivity index (χ1) is 10.8. The Morgan fingerprint density at radius 1 is 1.05 bits per heavy atom. The maximum Gasteiger partial charge on any atom is 0.0976 e. The average molecular weight is 309 g/mol. The normalized spacial score (nSPS) is 12.3. The van der Waals surface area contributed by atoms with Crippen molar-refractivity contribution in [2.45, 2.75) is 30.5 Å². The smallest absolute Gasteiger partial charge is 0.0976 e. The fourth-order valence-electron chi connectivity index (χ4n) is 2.22. The minimum atomic E-state index is 0.587. The number of pyridine rings is 1. The minimum Gasteiger partial charge on any atom is -0.344 e. The molecule has 0 bridgehead atoms. The van der Waals surface area contributed by atoms with Gasteiger partial charge in [-0.25, -0.2) is 9.97 Å². The molecule has 0 aliphatic heterocycles. The molecule has 0 aliphatic rings. The van der Waals surface area contributed by atoms with Crippen LogP contribution in [0.25, 0.3) is 22.5 Å². The number of rotatable bonds is 5. The molecule has 0 aliphatic carbocycles. The van der Waals surface area contributed by atoms with Crippen LogP contribution >= 0.6 is 11.8 Å². The van der Waals surface area contributed by atoms with Crippen LogP contribution < -0.4 is 0 Å². The molecule has 0 saturated heterocycles. The van der Waals surface area contributed by atoms with Crippen LogP contribution in [-0.2, 0) is 0 Å². The molecular formula is C18H19N3S. The highest BCUT2D eigenvalue weighted by Gasteiger charge is 2.11. The van der Waals surface area contributed by atoms with Crippen molar-refractivity contribution < 1.29 is 0 Å². The van der Waals surface area contributed by atoms with Gasteiger partial charge in [-0.1, -0.05) is 44.2 Å². The zero-order valence-electron chi connectivity index (χ0n) is 12.8. The maximum absolute atomic E-state index is 4.57. The predicted octanol–water partition coefficient (Wildman–Crippen LogP) is 5.03. The fraction of sp³-hybridized carbons (Fsp3) is 0.222. The molecule has 1 N–H and O–H groups in total. The van der Waals surface area contributed by atoms with Gasteiger partial charge in [-0.3, -0.25) is 0 Å². The standard InChI is InChI=1S/C18H19N3S/c1-3-13(2)22-16-10-9-15(11-19-16)18-17(20-12-21-18)14-7-5-4-6-8-14/h4-13H,3H2,1-2H3,(H,20,21). The summed E-state index contributed by atoms with van der Waals surface area (Å²) in [6.45, 7) is 4.42. The lowest BCUT2D eigenvalue weighted by Crippen LogP contribution is -1.93. The second kappa shape index (κ2) is 6.79. The Bertz CT molecular complexity index is 720. The fourth-order valence-corrected chi connectivity index (χ4v) is 3.06. The molecule has 0 spiro atoms. The van der Waals surface area contributed by atoms with Gasteiger partial charge in [0.25, 0.3) is 0 Å². The first-order valence-corrected chi connectivity index (χ1v) is 8.37. The molecule has 3 rings (SSSR count). The van der Waals surface area contributed by atoms with Gasteiger partial charge in [0.2, 0.25) is 0 Å². The number of H-pyrrole nitrogens is 1. The van der Waals surface area contributed by atoms with Crippen molar-refractivity contribution in [3.8, 4) is 22.5 Å². The van der Waals surface area contributed by atoms with Crippen LogP contribution in [0.3, 0.4) is 0 Å². The van der Waals surface area contributed by atoms with Gasteiger partial charge in [-0.05, 0) is 18.6 Å². The highest BCUT2D eigenvalue weighted by Crippen LogP contribution is 2.30. The van der Waals surface area contributed by atoms with Crippen molar-refractivity contribution in [3.63, 3.8) is 0 Å². The molecule has 3 nitrogen and oxygen atoms in total. The Morgan fingerprint density at radius 3 is 2.55 bits per heavy atom. The first-order valence-electron chi connectivity index (χ1n) is 7.49. The predicted molar refractivity (Wildman–Crippen MR) is 92.9 cm³/mol. The average Bonchev–Trinajstić information content (AvgIpc) is 3.06. The van der Waals surface area contributed by atoms with Gasteiger partial charge in [-0.15, -0.1) is 11.8 Å². The summed E-state index contributed by atoms with van der Waals surface area (Å²) in [6.07, 6.45) is 4.79. The number of nitrogens with one attached hydrogen (secondary N) is 1. The molecule has 3 aromatic rings. The molecule has 0 amide bonds. The maximum atomic E-state index is 4.57. The molecule has 1 aromatic carbocycles. The van der Waals surface area contributed by atoms with Gasteiger partial charge in [-0.2, -0.15) is 0 Å². The number of thioether (sulfide) groups is 1. The van der Waals surface area contributed by atoms with E-state index in [1.54, 1.807) is 6.33 Å². The Hall–Kier alpha value is -2.07. The summed E-state index contributed by atoms with van der Waals surface area (Å²) in [5, 5.41) is 1.65. The van der Waals surface area contributed by atoms with Crippen molar-refractivity contribution in [3.05, 3.63) is 55.0 Å². The number of hydrogen-bond acceptors (Lipinski definition) is 3. The van der Waals surface area contributed by atoms with E-state index in [4.69, 9.17) is 0 Å². The zero-order valence-corrected chi connectivity index (χ0v) is 13.6. The van der Waals surface area contributed by atoms with E-state index in [1.165, 1.54) is 0 Å². The van der Waals surface area contributed by atoms with E-state index < -0.39 is 0 Å². The molecule has 0 radical (unpaired) electrons. The number of aromatic nitrogens is 3. The topological polar surface area (TPSA) is 41.6 Å². The van der Waals surface area contributed by atoms with Gasteiger partial charge >= 0.3 is 0 Å². The van der Waals surface area contributed by atoms with Gasteiger partial charge in [0.15, 0.2) is 0 Å². The largest absolute Gasteiger partial charge is 0.344 e. The molecular weight excluding hydrogens is 290 g/mol. The summed E-state index contributed by atoms with van der Waals surface area (Å²) in [5.74, 6) is 0. The Morgan fingerprint density at radius 2 is 1.86 bits per heavy atom. The van der Waals surface area contributed by atoms with Crippen molar-refractivity contribution in [2.75, 3.05) is 0 Å². The third-order valence-electron chi connectivity index (χ3n) is 3.61. The molecule has 0 saturated carbocycles. The zero-order chi connectivity index (χ0) is 15.4. The Balaban J connectivity index is 1.88. The monoisotopic (exact) mass is 309 g/mol. The molecule has 1 unspecified atom stereocenters. The summed E-state index contributed by atoms with van der Waals surface area (Å²) in [7, 11) is 0. The van der Waals surface area contributed by atoms with Gasteiger partial charge in [0.05, 0.1) is 22.7 Å². The number of aromatic amines is 1. The van der Waals surface area contributed by atoms with Crippen LogP contribution in [0.1, 0.15) is 20.3 Å². The van der Waals surface area contributed by atoms with Crippen LogP contribution in [0, 0.1) is 0 Å². The van der Waals surface area contributed by atoms with Gasteiger partial charge in [0.1, 0.15) is 0 Å². The quantitative estimate of drug-likeness (QED) is 0.672. The molecule has 0 fully saturated rings. The van der Waals surface area contributed by atoms with Crippen LogP contribution in [0.2, 0.25) is 0 Å². The summed E-state index contributed by atoms with van der Waals surface area (Å²) in [4.78, 5) is 12.3. The van der Waals surface area contributed by atoms with Crippen molar-refractivity contribution in [1.82, 2.24) is 15.0 Å². The van der Waals surface area contributed by atoms with Gasteiger partial charge < -0.3 is 4.98 Å². The number of hydrogen-bond donors (Lipinski definition) is 1. The van der Waals surface area contributed by atoms with Gasteiger partial charge in [0, 0.05) is 22.6 Å².